The second-order valence-electron chi connectivity index (χ2n) is 4.28. The van der Waals surface area contributed by atoms with Crippen molar-refractivity contribution in [1.29, 1.82) is 0 Å². The summed E-state index contributed by atoms with van der Waals surface area (Å²) in [7, 11) is 3.08. The van der Waals surface area contributed by atoms with E-state index in [1.807, 2.05) is 0 Å². The number of hydrogen-bond acceptors (Lipinski definition) is 4. The van der Waals surface area contributed by atoms with Crippen LogP contribution < -0.4 is 14.8 Å². The number of halogens is 1. The zero-order valence-corrected chi connectivity index (χ0v) is 11.7. The normalized spacial score (nSPS) is 10.0. The van der Waals surface area contributed by atoms with Crippen molar-refractivity contribution >= 4 is 11.6 Å². The third kappa shape index (κ3) is 3.92. The fraction of sp³-hybridized carbons (Fsp3) is 0.200. The maximum atomic E-state index is 12.7. The molecule has 6 heteroatoms. The quantitative estimate of drug-likeness (QED) is 0.859. The number of carbonyl (C=O) groups is 1. The van der Waals surface area contributed by atoms with Gasteiger partial charge >= 0.3 is 0 Å². The van der Waals surface area contributed by atoms with Crippen molar-refractivity contribution in [3.05, 3.63) is 48.0 Å². The summed E-state index contributed by atoms with van der Waals surface area (Å²) in [6, 6.07) is 7.90. The second kappa shape index (κ2) is 6.69. The van der Waals surface area contributed by atoms with Crippen molar-refractivity contribution in [2.75, 3.05) is 19.5 Å². The molecule has 1 N–H and O–H groups in total. The largest absolute Gasteiger partial charge is 0.493 e. The number of methoxy groups -OCH3 is 2. The molecule has 0 aliphatic rings. The average molecular weight is 290 g/mol. The minimum absolute atomic E-state index is 0.164. The van der Waals surface area contributed by atoms with Gasteiger partial charge in [0.15, 0.2) is 11.5 Å². The molecule has 1 heterocycles. The van der Waals surface area contributed by atoms with Gasteiger partial charge in [-0.05, 0) is 29.8 Å². The summed E-state index contributed by atoms with van der Waals surface area (Å²) in [6.45, 7) is 0. The zero-order valence-electron chi connectivity index (χ0n) is 11.7. The van der Waals surface area contributed by atoms with Crippen LogP contribution in [0.4, 0.5) is 10.1 Å². The smallest absolute Gasteiger partial charge is 0.228 e. The molecular weight excluding hydrogens is 275 g/mol. The molecule has 0 saturated carbocycles. The van der Waals surface area contributed by atoms with Crippen molar-refractivity contribution < 1.29 is 18.7 Å². The summed E-state index contributed by atoms with van der Waals surface area (Å²) in [6.07, 6.45) is 1.43. The van der Waals surface area contributed by atoms with Gasteiger partial charge in [-0.3, -0.25) is 4.79 Å². The van der Waals surface area contributed by atoms with E-state index in [0.29, 0.717) is 17.2 Å². The number of hydrogen-bond donors (Lipinski definition) is 1. The summed E-state index contributed by atoms with van der Waals surface area (Å²) in [4.78, 5) is 15.4. The van der Waals surface area contributed by atoms with Crippen LogP contribution in [0.3, 0.4) is 0 Å². The number of aromatic nitrogens is 1. The Hall–Kier alpha value is -2.63. The molecule has 21 heavy (non-hydrogen) atoms. The molecule has 110 valence electrons. The molecule has 2 aromatic rings. The number of anilines is 1. The number of benzene rings is 1. The molecule has 1 aromatic carbocycles. The number of pyridine rings is 1. The summed E-state index contributed by atoms with van der Waals surface area (Å²) >= 11 is 0. The molecule has 5 nitrogen and oxygen atoms in total. The number of carbonyl (C=O) groups excluding carboxylic acids is 1. The number of rotatable bonds is 5. The highest BCUT2D eigenvalue weighted by Gasteiger charge is 2.09. The van der Waals surface area contributed by atoms with Crippen LogP contribution >= 0.6 is 0 Å². The highest BCUT2D eigenvalue weighted by atomic mass is 19.1. The third-order valence-electron chi connectivity index (χ3n) is 2.82. The van der Waals surface area contributed by atoms with E-state index < -0.39 is 5.95 Å². The van der Waals surface area contributed by atoms with Crippen molar-refractivity contribution in [2.24, 2.45) is 0 Å². The van der Waals surface area contributed by atoms with Gasteiger partial charge in [-0.2, -0.15) is 4.39 Å². The maximum Gasteiger partial charge on any atom is 0.228 e. The van der Waals surface area contributed by atoms with Crippen LogP contribution in [-0.4, -0.2) is 25.1 Å². The molecular formula is C15H15FN2O3. The SMILES string of the molecule is COc1ccc(CC(=O)Nc2ccc(F)nc2)cc1OC. The minimum Gasteiger partial charge on any atom is -0.493 e. The molecule has 2 rings (SSSR count). The van der Waals surface area contributed by atoms with E-state index in [0.717, 1.165) is 5.56 Å². The molecule has 0 atom stereocenters. The van der Waals surface area contributed by atoms with Crippen LogP contribution in [-0.2, 0) is 11.2 Å². The van der Waals surface area contributed by atoms with Crippen LogP contribution in [0, 0.1) is 5.95 Å². The van der Waals surface area contributed by atoms with Crippen molar-refractivity contribution in [3.63, 3.8) is 0 Å². The first-order chi connectivity index (χ1) is 10.1. The predicted molar refractivity (Wildman–Crippen MR) is 76.1 cm³/mol. The van der Waals surface area contributed by atoms with Crippen LogP contribution in [0.1, 0.15) is 5.56 Å². The Labute approximate surface area is 121 Å². The molecule has 0 bridgehead atoms. The number of amides is 1. The molecule has 0 fully saturated rings. The van der Waals surface area contributed by atoms with E-state index in [4.69, 9.17) is 9.47 Å². The molecule has 1 amide bonds. The van der Waals surface area contributed by atoms with Gasteiger partial charge in [-0.25, -0.2) is 4.98 Å². The Morgan fingerprint density at radius 1 is 1.19 bits per heavy atom. The highest BCUT2D eigenvalue weighted by molar-refractivity contribution is 5.92. The van der Waals surface area contributed by atoms with E-state index >= 15 is 0 Å². The Balaban J connectivity index is 2.04. The average Bonchev–Trinajstić information content (AvgIpc) is 2.49. The van der Waals surface area contributed by atoms with Crippen LogP contribution in [0.25, 0.3) is 0 Å². The molecule has 1 aromatic heterocycles. The highest BCUT2D eigenvalue weighted by Crippen LogP contribution is 2.27. The van der Waals surface area contributed by atoms with Gasteiger partial charge in [0.25, 0.3) is 0 Å². The Morgan fingerprint density at radius 3 is 2.57 bits per heavy atom. The summed E-state index contributed by atoms with van der Waals surface area (Å²) < 4.78 is 23.0. The molecule has 0 aliphatic carbocycles. The maximum absolute atomic E-state index is 12.7. The number of nitrogens with zero attached hydrogens (tertiary/aromatic N) is 1. The molecule has 0 radical (unpaired) electrons. The lowest BCUT2D eigenvalue weighted by molar-refractivity contribution is -0.115. The van der Waals surface area contributed by atoms with Gasteiger partial charge in [-0.1, -0.05) is 6.07 Å². The van der Waals surface area contributed by atoms with E-state index in [1.54, 1.807) is 25.3 Å². The lowest BCUT2D eigenvalue weighted by Gasteiger charge is -2.09. The zero-order chi connectivity index (χ0) is 15.2. The van der Waals surface area contributed by atoms with Gasteiger partial charge in [0, 0.05) is 0 Å². The topological polar surface area (TPSA) is 60.5 Å². The standard InChI is InChI=1S/C15H15FN2O3/c1-20-12-5-3-10(7-13(12)21-2)8-15(19)18-11-4-6-14(16)17-9-11/h3-7,9H,8H2,1-2H3,(H,18,19). The molecule has 0 spiro atoms. The monoisotopic (exact) mass is 290 g/mol. The fourth-order valence-electron chi connectivity index (χ4n) is 1.83. The van der Waals surface area contributed by atoms with E-state index in [-0.39, 0.29) is 12.3 Å². The number of nitrogens with one attached hydrogen (secondary N) is 1. The van der Waals surface area contributed by atoms with Crippen LogP contribution in [0.15, 0.2) is 36.5 Å². The van der Waals surface area contributed by atoms with Crippen molar-refractivity contribution in [2.45, 2.75) is 6.42 Å². The third-order valence-corrected chi connectivity index (χ3v) is 2.82. The van der Waals surface area contributed by atoms with Gasteiger partial charge in [0.1, 0.15) is 0 Å². The summed E-state index contributed by atoms with van der Waals surface area (Å²) in [5.74, 6) is 0.346. The van der Waals surface area contributed by atoms with Gasteiger partial charge in [0.2, 0.25) is 11.9 Å². The lowest BCUT2D eigenvalue weighted by atomic mass is 10.1. The lowest BCUT2D eigenvalue weighted by Crippen LogP contribution is -2.14. The molecule has 0 aliphatic heterocycles. The van der Waals surface area contributed by atoms with E-state index in [1.165, 1.54) is 25.4 Å². The Bertz CT molecular complexity index is 629. The first-order valence-corrected chi connectivity index (χ1v) is 6.24. The van der Waals surface area contributed by atoms with Crippen LogP contribution in [0.2, 0.25) is 0 Å². The Kier molecular flexibility index (Phi) is 4.71. The van der Waals surface area contributed by atoms with Gasteiger partial charge in [0.05, 0.1) is 32.5 Å². The van der Waals surface area contributed by atoms with E-state index in [9.17, 15) is 9.18 Å². The van der Waals surface area contributed by atoms with Crippen molar-refractivity contribution in [1.82, 2.24) is 4.98 Å². The molecule has 0 saturated heterocycles. The summed E-state index contributed by atoms with van der Waals surface area (Å²) in [5.41, 5.74) is 1.22. The minimum atomic E-state index is -0.590. The fourth-order valence-corrected chi connectivity index (χ4v) is 1.83. The van der Waals surface area contributed by atoms with Gasteiger partial charge < -0.3 is 14.8 Å². The second-order valence-corrected chi connectivity index (χ2v) is 4.28. The van der Waals surface area contributed by atoms with Crippen LogP contribution in [0.5, 0.6) is 11.5 Å². The van der Waals surface area contributed by atoms with E-state index in [2.05, 4.69) is 10.3 Å². The van der Waals surface area contributed by atoms with Crippen molar-refractivity contribution in [3.8, 4) is 11.5 Å². The Morgan fingerprint density at radius 2 is 1.95 bits per heavy atom. The summed E-state index contributed by atoms with van der Waals surface area (Å²) in [5, 5.41) is 2.64. The van der Waals surface area contributed by atoms with Gasteiger partial charge in [-0.15, -0.1) is 0 Å². The predicted octanol–water partition coefficient (Wildman–Crippen LogP) is 2.42. The first kappa shape index (κ1) is 14.8. The first-order valence-electron chi connectivity index (χ1n) is 6.24. The number of ether oxygens (including phenoxy) is 2. The molecule has 0 unspecified atom stereocenters.